The molecule has 0 aliphatic carbocycles. The lowest BCUT2D eigenvalue weighted by Crippen LogP contribution is -2.23. The normalized spacial score (nSPS) is 12.6. The van der Waals surface area contributed by atoms with Gasteiger partial charge in [-0.25, -0.2) is 0 Å². The van der Waals surface area contributed by atoms with E-state index in [1.54, 1.807) is 0 Å². The van der Waals surface area contributed by atoms with Crippen molar-refractivity contribution in [2.24, 2.45) is 5.92 Å². The van der Waals surface area contributed by atoms with Crippen molar-refractivity contribution in [1.29, 1.82) is 0 Å². The zero-order chi connectivity index (χ0) is 14.6. The van der Waals surface area contributed by atoms with Gasteiger partial charge in [0.15, 0.2) is 0 Å². The first-order valence-corrected chi connectivity index (χ1v) is 8.45. The SMILES string of the molecule is CCCCCCCCCC(Oc1ccccc1)C(C)C. The van der Waals surface area contributed by atoms with Gasteiger partial charge in [-0.3, -0.25) is 0 Å². The summed E-state index contributed by atoms with van der Waals surface area (Å²) in [5.74, 6) is 1.59. The van der Waals surface area contributed by atoms with Crippen LogP contribution in [0.3, 0.4) is 0 Å². The third-order valence-electron chi connectivity index (χ3n) is 3.87. The molecule has 0 aromatic heterocycles. The molecule has 1 nitrogen and oxygen atoms in total. The largest absolute Gasteiger partial charge is 0.490 e. The molecule has 0 spiro atoms. The first-order valence-electron chi connectivity index (χ1n) is 8.45. The Kier molecular flexibility index (Phi) is 9.19. The van der Waals surface area contributed by atoms with E-state index in [-0.39, 0.29) is 0 Å². The summed E-state index contributed by atoms with van der Waals surface area (Å²) in [6, 6.07) is 10.2. The standard InChI is InChI=1S/C19H32O/c1-4-5-6-7-8-9-13-16-19(17(2)3)20-18-14-11-10-12-15-18/h10-12,14-15,17,19H,4-9,13,16H2,1-3H3. The minimum absolute atomic E-state index is 0.355. The van der Waals surface area contributed by atoms with Crippen LogP contribution in [0.5, 0.6) is 5.75 Å². The maximum Gasteiger partial charge on any atom is 0.119 e. The van der Waals surface area contributed by atoms with Crippen LogP contribution < -0.4 is 4.74 Å². The molecule has 114 valence electrons. The van der Waals surface area contributed by atoms with Crippen LogP contribution in [0.25, 0.3) is 0 Å². The second-order valence-corrected chi connectivity index (χ2v) is 6.12. The summed E-state index contributed by atoms with van der Waals surface area (Å²) in [5, 5.41) is 0. The van der Waals surface area contributed by atoms with Crippen molar-refractivity contribution in [3.8, 4) is 5.75 Å². The third-order valence-corrected chi connectivity index (χ3v) is 3.87. The third kappa shape index (κ3) is 7.57. The summed E-state index contributed by atoms with van der Waals surface area (Å²) in [5.41, 5.74) is 0. The second kappa shape index (κ2) is 10.8. The number of hydrogen-bond donors (Lipinski definition) is 0. The van der Waals surface area contributed by atoms with Crippen molar-refractivity contribution in [3.05, 3.63) is 30.3 Å². The number of hydrogen-bond acceptors (Lipinski definition) is 1. The van der Waals surface area contributed by atoms with Gasteiger partial charge >= 0.3 is 0 Å². The summed E-state index contributed by atoms with van der Waals surface area (Å²) >= 11 is 0. The van der Waals surface area contributed by atoms with Gasteiger partial charge in [0.1, 0.15) is 11.9 Å². The monoisotopic (exact) mass is 276 g/mol. The molecule has 0 amide bonds. The average Bonchev–Trinajstić information content (AvgIpc) is 2.46. The van der Waals surface area contributed by atoms with E-state index in [0.717, 1.165) is 5.75 Å². The van der Waals surface area contributed by atoms with Crippen molar-refractivity contribution < 1.29 is 4.74 Å². The van der Waals surface area contributed by atoms with Crippen molar-refractivity contribution >= 4 is 0 Å². The molecule has 0 radical (unpaired) electrons. The van der Waals surface area contributed by atoms with Crippen LogP contribution in [0, 0.1) is 5.92 Å². The van der Waals surface area contributed by atoms with E-state index in [2.05, 4.69) is 32.9 Å². The van der Waals surface area contributed by atoms with Crippen molar-refractivity contribution in [2.75, 3.05) is 0 Å². The predicted molar refractivity (Wildman–Crippen MR) is 88.3 cm³/mol. The predicted octanol–water partition coefficient (Wildman–Crippen LogP) is 6.23. The molecule has 0 aliphatic heterocycles. The van der Waals surface area contributed by atoms with Crippen LogP contribution in [0.2, 0.25) is 0 Å². The molecular weight excluding hydrogens is 244 g/mol. The Hall–Kier alpha value is -0.980. The molecule has 0 heterocycles. The number of unbranched alkanes of at least 4 members (excludes halogenated alkanes) is 6. The van der Waals surface area contributed by atoms with E-state index in [1.807, 2.05) is 18.2 Å². The molecule has 20 heavy (non-hydrogen) atoms. The molecule has 1 unspecified atom stereocenters. The van der Waals surface area contributed by atoms with E-state index in [4.69, 9.17) is 4.74 Å². The highest BCUT2D eigenvalue weighted by Gasteiger charge is 2.14. The molecule has 1 atom stereocenters. The molecule has 0 bridgehead atoms. The van der Waals surface area contributed by atoms with Crippen LogP contribution in [-0.2, 0) is 0 Å². The van der Waals surface area contributed by atoms with Gasteiger partial charge < -0.3 is 4.74 Å². The zero-order valence-electron chi connectivity index (χ0n) is 13.6. The summed E-state index contributed by atoms with van der Waals surface area (Å²) in [6.45, 7) is 6.79. The maximum absolute atomic E-state index is 6.12. The first kappa shape index (κ1) is 17.1. The Labute approximate surface area is 125 Å². The lowest BCUT2D eigenvalue weighted by molar-refractivity contribution is 0.138. The van der Waals surface area contributed by atoms with Gasteiger partial charge in [-0.1, -0.05) is 77.5 Å². The topological polar surface area (TPSA) is 9.23 Å². The molecule has 1 heteroatoms. The van der Waals surface area contributed by atoms with Crippen LogP contribution in [0.1, 0.15) is 72.1 Å². The van der Waals surface area contributed by atoms with E-state index >= 15 is 0 Å². The molecule has 0 aliphatic rings. The fourth-order valence-corrected chi connectivity index (χ4v) is 2.50. The van der Waals surface area contributed by atoms with E-state index in [9.17, 15) is 0 Å². The number of rotatable bonds is 11. The van der Waals surface area contributed by atoms with E-state index in [0.29, 0.717) is 12.0 Å². The second-order valence-electron chi connectivity index (χ2n) is 6.12. The zero-order valence-corrected chi connectivity index (χ0v) is 13.6. The quantitative estimate of drug-likeness (QED) is 0.435. The van der Waals surface area contributed by atoms with Gasteiger partial charge in [0.05, 0.1) is 0 Å². The van der Waals surface area contributed by atoms with Crippen molar-refractivity contribution in [3.63, 3.8) is 0 Å². The Balaban J connectivity index is 2.19. The Morgan fingerprint density at radius 2 is 1.45 bits per heavy atom. The molecular formula is C19H32O. The van der Waals surface area contributed by atoms with Crippen LogP contribution in [-0.4, -0.2) is 6.10 Å². The van der Waals surface area contributed by atoms with E-state index in [1.165, 1.54) is 51.4 Å². The summed E-state index contributed by atoms with van der Waals surface area (Å²) in [4.78, 5) is 0. The van der Waals surface area contributed by atoms with E-state index < -0.39 is 0 Å². The van der Waals surface area contributed by atoms with Gasteiger partial charge in [-0.05, 0) is 30.9 Å². The Morgan fingerprint density at radius 3 is 2.05 bits per heavy atom. The van der Waals surface area contributed by atoms with Gasteiger partial charge in [0, 0.05) is 0 Å². The van der Waals surface area contributed by atoms with Gasteiger partial charge in [-0.2, -0.15) is 0 Å². The molecule has 0 saturated heterocycles. The molecule has 1 aromatic carbocycles. The highest BCUT2D eigenvalue weighted by atomic mass is 16.5. The number of para-hydroxylation sites is 1. The summed E-state index contributed by atoms with van der Waals surface area (Å²) < 4.78 is 6.12. The van der Waals surface area contributed by atoms with Gasteiger partial charge in [0.2, 0.25) is 0 Å². The number of ether oxygens (including phenoxy) is 1. The highest BCUT2D eigenvalue weighted by molar-refractivity contribution is 5.21. The fourth-order valence-electron chi connectivity index (χ4n) is 2.50. The average molecular weight is 276 g/mol. The van der Waals surface area contributed by atoms with Crippen LogP contribution >= 0.6 is 0 Å². The smallest absolute Gasteiger partial charge is 0.119 e. The maximum atomic E-state index is 6.12. The van der Waals surface area contributed by atoms with Crippen LogP contribution in [0.15, 0.2) is 30.3 Å². The van der Waals surface area contributed by atoms with Crippen molar-refractivity contribution in [1.82, 2.24) is 0 Å². The van der Waals surface area contributed by atoms with Crippen molar-refractivity contribution in [2.45, 2.75) is 78.2 Å². The molecule has 1 aromatic rings. The first-order chi connectivity index (χ1) is 9.74. The molecule has 1 rings (SSSR count). The summed E-state index contributed by atoms with van der Waals surface area (Å²) in [6.07, 6.45) is 11.1. The Bertz CT molecular complexity index is 318. The minimum atomic E-state index is 0.355. The number of benzene rings is 1. The lowest BCUT2D eigenvalue weighted by Gasteiger charge is -2.22. The lowest BCUT2D eigenvalue weighted by atomic mass is 9.99. The fraction of sp³-hybridized carbons (Fsp3) is 0.684. The van der Waals surface area contributed by atoms with Gasteiger partial charge in [0.25, 0.3) is 0 Å². The van der Waals surface area contributed by atoms with Gasteiger partial charge in [-0.15, -0.1) is 0 Å². The Morgan fingerprint density at radius 1 is 0.850 bits per heavy atom. The van der Waals surface area contributed by atoms with Crippen LogP contribution in [0.4, 0.5) is 0 Å². The minimum Gasteiger partial charge on any atom is -0.490 e. The molecule has 0 fully saturated rings. The summed E-state index contributed by atoms with van der Waals surface area (Å²) in [7, 11) is 0. The highest BCUT2D eigenvalue weighted by Crippen LogP contribution is 2.20. The molecule has 0 saturated carbocycles. The molecule has 0 N–H and O–H groups in total.